The fourth-order valence-corrected chi connectivity index (χ4v) is 2.97. The van der Waals surface area contributed by atoms with Crippen molar-refractivity contribution in [1.82, 2.24) is 10.3 Å². The van der Waals surface area contributed by atoms with Gasteiger partial charge in [-0.1, -0.05) is 19.1 Å². The Balaban J connectivity index is 0.00000200. The van der Waals surface area contributed by atoms with E-state index >= 15 is 0 Å². The van der Waals surface area contributed by atoms with Gasteiger partial charge in [-0.25, -0.2) is 4.98 Å². The van der Waals surface area contributed by atoms with Crippen LogP contribution in [0.3, 0.4) is 0 Å². The Morgan fingerprint density at radius 3 is 2.57 bits per heavy atom. The zero-order valence-corrected chi connectivity index (χ0v) is 15.0. The highest BCUT2D eigenvalue weighted by Crippen LogP contribution is 2.28. The molecule has 0 amide bonds. The molecule has 0 bridgehead atoms. The lowest BCUT2D eigenvalue weighted by molar-refractivity contribution is 0.349. The fraction of sp³-hybridized carbons (Fsp3) is 0.400. The van der Waals surface area contributed by atoms with Crippen molar-refractivity contribution in [3.63, 3.8) is 0 Å². The SMILES string of the molecule is CCC(C)(NCc1cccc(N)c1)c1nc(C)cs1.Cl.Cl. The number of aryl methyl sites for hydroxylation is 1. The van der Waals surface area contributed by atoms with Gasteiger partial charge in [-0.3, -0.25) is 0 Å². The van der Waals surface area contributed by atoms with Gasteiger partial charge in [0, 0.05) is 23.3 Å². The first-order valence-corrected chi connectivity index (χ1v) is 7.43. The van der Waals surface area contributed by atoms with E-state index in [1.165, 1.54) is 5.56 Å². The summed E-state index contributed by atoms with van der Waals surface area (Å²) in [5.41, 5.74) is 8.83. The molecule has 0 aliphatic heterocycles. The molecule has 1 aromatic heterocycles. The molecule has 21 heavy (non-hydrogen) atoms. The van der Waals surface area contributed by atoms with Crippen molar-refractivity contribution in [2.45, 2.75) is 39.3 Å². The maximum atomic E-state index is 5.81. The Bertz CT molecular complexity index is 559. The molecule has 0 fully saturated rings. The van der Waals surface area contributed by atoms with Crippen LogP contribution in [0.2, 0.25) is 0 Å². The van der Waals surface area contributed by atoms with E-state index in [0.717, 1.165) is 29.4 Å². The van der Waals surface area contributed by atoms with E-state index in [-0.39, 0.29) is 30.4 Å². The van der Waals surface area contributed by atoms with E-state index < -0.39 is 0 Å². The van der Waals surface area contributed by atoms with Crippen LogP contribution < -0.4 is 11.1 Å². The van der Waals surface area contributed by atoms with E-state index in [0.29, 0.717) is 0 Å². The third-order valence-corrected chi connectivity index (χ3v) is 4.66. The summed E-state index contributed by atoms with van der Waals surface area (Å²) >= 11 is 1.72. The third-order valence-electron chi connectivity index (χ3n) is 3.43. The van der Waals surface area contributed by atoms with Crippen molar-refractivity contribution in [2.24, 2.45) is 0 Å². The third kappa shape index (κ3) is 5.15. The minimum atomic E-state index is -0.0798. The van der Waals surface area contributed by atoms with Crippen molar-refractivity contribution in [3.05, 3.63) is 45.9 Å². The van der Waals surface area contributed by atoms with Crippen molar-refractivity contribution in [3.8, 4) is 0 Å². The molecule has 0 spiro atoms. The van der Waals surface area contributed by atoms with Crippen LogP contribution in [0, 0.1) is 6.92 Å². The van der Waals surface area contributed by atoms with Gasteiger partial charge in [-0.15, -0.1) is 36.2 Å². The number of hydrogen-bond acceptors (Lipinski definition) is 4. The summed E-state index contributed by atoms with van der Waals surface area (Å²) in [6, 6.07) is 8.00. The number of aromatic nitrogens is 1. The van der Waals surface area contributed by atoms with Gasteiger partial charge >= 0.3 is 0 Å². The number of anilines is 1. The molecule has 0 radical (unpaired) electrons. The summed E-state index contributed by atoms with van der Waals surface area (Å²) in [7, 11) is 0. The smallest absolute Gasteiger partial charge is 0.113 e. The minimum absolute atomic E-state index is 0. The molecule has 1 heterocycles. The molecule has 1 aromatic carbocycles. The molecule has 6 heteroatoms. The highest BCUT2D eigenvalue weighted by atomic mass is 35.5. The van der Waals surface area contributed by atoms with Gasteiger partial charge in [0.1, 0.15) is 5.01 Å². The highest BCUT2D eigenvalue weighted by Gasteiger charge is 2.26. The monoisotopic (exact) mass is 347 g/mol. The van der Waals surface area contributed by atoms with Gasteiger partial charge in [-0.05, 0) is 38.0 Å². The van der Waals surface area contributed by atoms with Crippen LogP contribution in [0.1, 0.15) is 36.5 Å². The van der Waals surface area contributed by atoms with Crippen LogP contribution in [0.25, 0.3) is 0 Å². The average molecular weight is 348 g/mol. The zero-order chi connectivity index (χ0) is 13.9. The standard InChI is InChI=1S/C15H21N3S.2ClH/c1-4-15(3,14-18-11(2)10-19-14)17-9-12-6-5-7-13(16)8-12;;/h5-8,10,17H,4,9,16H2,1-3H3;2*1H. The molecule has 2 aromatic rings. The Kier molecular flexibility index (Phi) is 8.26. The number of nitrogens with two attached hydrogens (primary N) is 1. The van der Waals surface area contributed by atoms with Gasteiger partial charge in [-0.2, -0.15) is 0 Å². The quantitative estimate of drug-likeness (QED) is 0.793. The second-order valence-corrected chi connectivity index (χ2v) is 5.94. The van der Waals surface area contributed by atoms with E-state index in [1.807, 2.05) is 25.1 Å². The second kappa shape index (κ2) is 8.59. The molecule has 3 N–H and O–H groups in total. The molecule has 0 aliphatic carbocycles. The second-order valence-electron chi connectivity index (χ2n) is 5.08. The minimum Gasteiger partial charge on any atom is -0.399 e. The Labute approximate surface area is 143 Å². The van der Waals surface area contributed by atoms with E-state index in [2.05, 4.69) is 35.6 Å². The number of nitrogens with zero attached hydrogens (tertiary/aromatic N) is 1. The van der Waals surface area contributed by atoms with E-state index in [9.17, 15) is 0 Å². The van der Waals surface area contributed by atoms with Gasteiger partial charge in [0.2, 0.25) is 0 Å². The maximum absolute atomic E-state index is 5.81. The summed E-state index contributed by atoms with van der Waals surface area (Å²) in [5.74, 6) is 0. The number of halogens is 2. The van der Waals surface area contributed by atoms with Gasteiger partial charge in [0.15, 0.2) is 0 Å². The molecule has 1 atom stereocenters. The van der Waals surface area contributed by atoms with Crippen LogP contribution in [0.5, 0.6) is 0 Å². The lowest BCUT2D eigenvalue weighted by Crippen LogP contribution is -2.38. The summed E-state index contributed by atoms with van der Waals surface area (Å²) in [4.78, 5) is 4.61. The van der Waals surface area contributed by atoms with Crippen molar-refractivity contribution < 1.29 is 0 Å². The first-order valence-electron chi connectivity index (χ1n) is 6.55. The summed E-state index contributed by atoms with van der Waals surface area (Å²) in [6.45, 7) is 7.22. The topological polar surface area (TPSA) is 50.9 Å². The first kappa shape index (κ1) is 20.2. The van der Waals surface area contributed by atoms with Crippen molar-refractivity contribution >= 4 is 41.8 Å². The average Bonchev–Trinajstić information content (AvgIpc) is 2.83. The molecule has 0 aliphatic rings. The Morgan fingerprint density at radius 2 is 2.05 bits per heavy atom. The van der Waals surface area contributed by atoms with Gasteiger partial charge < -0.3 is 11.1 Å². The van der Waals surface area contributed by atoms with Gasteiger partial charge in [0.25, 0.3) is 0 Å². The molecule has 2 rings (SSSR count). The summed E-state index contributed by atoms with van der Waals surface area (Å²) in [6.07, 6.45) is 1.00. The van der Waals surface area contributed by atoms with Crippen LogP contribution >= 0.6 is 36.2 Å². The molecular weight excluding hydrogens is 325 g/mol. The van der Waals surface area contributed by atoms with Crippen molar-refractivity contribution in [1.29, 1.82) is 0 Å². The molecule has 0 saturated carbocycles. The number of rotatable bonds is 5. The number of benzene rings is 1. The number of nitrogens with one attached hydrogen (secondary N) is 1. The Hall–Kier alpha value is -0.810. The number of hydrogen-bond donors (Lipinski definition) is 2. The molecule has 0 saturated heterocycles. The van der Waals surface area contributed by atoms with Crippen LogP contribution in [0.4, 0.5) is 5.69 Å². The van der Waals surface area contributed by atoms with Crippen molar-refractivity contribution in [2.75, 3.05) is 5.73 Å². The maximum Gasteiger partial charge on any atom is 0.113 e. The number of nitrogen functional groups attached to an aromatic ring is 1. The van der Waals surface area contributed by atoms with Crippen LogP contribution in [0.15, 0.2) is 29.6 Å². The number of thiazole rings is 1. The molecule has 1 unspecified atom stereocenters. The predicted octanol–water partition coefficient (Wildman–Crippen LogP) is 4.29. The van der Waals surface area contributed by atoms with Gasteiger partial charge in [0.05, 0.1) is 5.54 Å². The van der Waals surface area contributed by atoms with E-state index in [1.54, 1.807) is 11.3 Å². The van der Waals surface area contributed by atoms with E-state index in [4.69, 9.17) is 5.73 Å². The summed E-state index contributed by atoms with van der Waals surface area (Å²) < 4.78 is 0. The molecule has 3 nitrogen and oxygen atoms in total. The fourth-order valence-electron chi connectivity index (χ4n) is 1.96. The largest absolute Gasteiger partial charge is 0.399 e. The van der Waals surface area contributed by atoms with Crippen LogP contribution in [-0.2, 0) is 12.1 Å². The first-order chi connectivity index (χ1) is 9.03. The normalized spacial score (nSPS) is 12.9. The Morgan fingerprint density at radius 1 is 1.33 bits per heavy atom. The zero-order valence-electron chi connectivity index (χ0n) is 12.6. The highest BCUT2D eigenvalue weighted by molar-refractivity contribution is 7.09. The molecule has 118 valence electrons. The van der Waals surface area contributed by atoms with Crippen LogP contribution in [-0.4, -0.2) is 4.98 Å². The predicted molar refractivity (Wildman–Crippen MR) is 96.7 cm³/mol. The molecular formula is C15H23Cl2N3S. The lowest BCUT2D eigenvalue weighted by atomic mass is 9.99. The lowest BCUT2D eigenvalue weighted by Gasteiger charge is -2.27. The summed E-state index contributed by atoms with van der Waals surface area (Å²) in [5, 5.41) is 6.86.